The third-order valence-corrected chi connectivity index (χ3v) is 10.5. The quantitative estimate of drug-likeness (QED) is 0.448. The number of fused-ring (bicyclic) bond motifs is 6. The van der Waals surface area contributed by atoms with Crippen molar-refractivity contribution >= 4 is 45.9 Å². The van der Waals surface area contributed by atoms with E-state index < -0.39 is 0 Å². The van der Waals surface area contributed by atoms with Crippen molar-refractivity contribution in [1.82, 2.24) is 0 Å². The lowest BCUT2D eigenvalue weighted by atomic mass is 9.33. The van der Waals surface area contributed by atoms with Gasteiger partial charge in [-0.15, -0.1) is 0 Å². The Morgan fingerprint density at radius 1 is 0.576 bits per heavy atom. The summed E-state index contributed by atoms with van der Waals surface area (Å²) >= 11 is 0. The van der Waals surface area contributed by atoms with E-state index in [9.17, 15) is 0 Å². The molecule has 4 heterocycles. The molecule has 166 valence electrons. The maximum atomic E-state index is 2.69. The normalized spacial score (nSPS) is 22.7. The van der Waals surface area contributed by atoms with Gasteiger partial charge >= 0.3 is 0 Å². The van der Waals surface area contributed by atoms with Gasteiger partial charge in [-0.25, -0.2) is 0 Å². The van der Waals surface area contributed by atoms with Gasteiger partial charge in [0.1, 0.15) is 0 Å². The predicted octanol–water partition coefficient (Wildman–Crippen LogP) is 5.25. The second kappa shape index (κ2) is 5.35. The molecule has 3 aromatic rings. The molecule has 0 aromatic heterocycles. The van der Waals surface area contributed by atoms with Crippen LogP contribution in [0.4, 0.5) is 22.7 Å². The summed E-state index contributed by atoms with van der Waals surface area (Å²) in [4.78, 5) is 5.38. The van der Waals surface area contributed by atoms with Crippen LogP contribution in [-0.4, -0.2) is 17.8 Å². The van der Waals surface area contributed by atoms with Crippen LogP contribution in [0.3, 0.4) is 0 Å². The van der Waals surface area contributed by atoms with Gasteiger partial charge in [-0.3, -0.25) is 0 Å². The summed E-state index contributed by atoms with van der Waals surface area (Å²) in [6.45, 7) is 19.8. The molecule has 3 heteroatoms. The Morgan fingerprint density at radius 3 is 1.39 bits per heavy atom. The average molecular weight is 432 g/mol. The number of anilines is 4. The molecule has 7 rings (SSSR count). The smallest absolute Gasteiger partial charge is 0.252 e. The van der Waals surface area contributed by atoms with Gasteiger partial charge in [0.15, 0.2) is 0 Å². The van der Waals surface area contributed by atoms with E-state index in [1.165, 1.54) is 50.3 Å². The molecule has 0 fully saturated rings. The summed E-state index contributed by atoms with van der Waals surface area (Å²) in [5, 5.41) is 0. The Balaban J connectivity index is 1.73. The van der Waals surface area contributed by atoms with Crippen LogP contribution in [0.5, 0.6) is 0 Å². The lowest BCUT2D eigenvalue weighted by Gasteiger charge is -2.49. The molecule has 0 spiro atoms. The van der Waals surface area contributed by atoms with Crippen LogP contribution in [0.1, 0.15) is 66.5 Å². The molecule has 0 atom stereocenters. The fraction of sp³-hybridized carbons (Fsp3) is 0.400. The number of para-hydroxylation sites is 2. The van der Waals surface area contributed by atoms with E-state index in [0.29, 0.717) is 0 Å². The van der Waals surface area contributed by atoms with Crippen molar-refractivity contribution in [3.8, 4) is 0 Å². The monoisotopic (exact) mass is 432 g/mol. The highest BCUT2D eigenvalue weighted by molar-refractivity contribution is 7.00. The van der Waals surface area contributed by atoms with Crippen molar-refractivity contribution in [2.75, 3.05) is 9.80 Å². The Labute approximate surface area is 198 Å². The number of rotatable bonds is 0. The second-order valence-corrected chi connectivity index (χ2v) is 12.7. The van der Waals surface area contributed by atoms with Crippen LogP contribution >= 0.6 is 0 Å². The van der Waals surface area contributed by atoms with Crippen LogP contribution in [0.15, 0.2) is 54.6 Å². The van der Waals surface area contributed by atoms with Gasteiger partial charge in [-0.2, -0.15) is 0 Å². The van der Waals surface area contributed by atoms with E-state index in [4.69, 9.17) is 0 Å². The van der Waals surface area contributed by atoms with E-state index in [1.54, 1.807) is 0 Å². The third-order valence-electron chi connectivity index (χ3n) is 10.5. The molecule has 0 amide bonds. The van der Waals surface area contributed by atoms with Gasteiger partial charge in [0.25, 0.3) is 6.71 Å². The molecular weight excluding hydrogens is 399 g/mol. The Bertz CT molecular complexity index is 1290. The van der Waals surface area contributed by atoms with Gasteiger partial charge in [-0.1, -0.05) is 70.2 Å². The minimum absolute atomic E-state index is 0.0244. The first-order valence-electron chi connectivity index (χ1n) is 12.4. The molecule has 0 unspecified atom stereocenters. The van der Waals surface area contributed by atoms with Gasteiger partial charge in [0.2, 0.25) is 0 Å². The zero-order valence-electron chi connectivity index (χ0n) is 21.2. The fourth-order valence-corrected chi connectivity index (χ4v) is 7.36. The molecule has 2 nitrogen and oxygen atoms in total. The van der Waals surface area contributed by atoms with E-state index in [2.05, 4.69) is 120 Å². The van der Waals surface area contributed by atoms with E-state index in [1.807, 2.05) is 0 Å². The summed E-state index contributed by atoms with van der Waals surface area (Å²) in [6.07, 6.45) is 0. The fourth-order valence-electron chi connectivity index (χ4n) is 7.36. The van der Waals surface area contributed by atoms with E-state index in [-0.39, 0.29) is 28.6 Å². The van der Waals surface area contributed by atoms with Crippen LogP contribution in [0, 0.1) is 0 Å². The van der Waals surface area contributed by atoms with Crippen molar-refractivity contribution in [2.45, 2.75) is 77.3 Å². The van der Waals surface area contributed by atoms with Crippen LogP contribution in [-0.2, 0) is 10.8 Å². The highest BCUT2D eigenvalue weighted by atomic mass is 15.3. The average Bonchev–Trinajstić information content (AvgIpc) is 3.03. The lowest BCUT2D eigenvalue weighted by molar-refractivity contribution is 0.323. The summed E-state index contributed by atoms with van der Waals surface area (Å²) in [6, 6.07) is 20.9. The van der Waals surface area contributed by atoms with Crippen molar-refractivity contribution in [1.29, 1.82) is 0 Å². The molecule has 3 aromatic carbocycles. The Hall–Kier alpha value is -2.68. The van der Waals surface area contributed by atoms with Crippen molar-refractivity contribution in [3.05, 3.63) is 65.7 Å². The first kappa shape index (κ1) is 19.8. The number of benzene rings is 3. The zero-order valence-corrected chi connectivity index (χ0v) is 21.2. The van der Waals surface area contributed by atoms with E-state index >= 15 is 0 Å². The van der Waals surface area contributed by atoms with Crippen LogP contribution in [0.25, 0.3) is 0 Å². The van der Waals surface area contributed by atoms with Gasteiger partial charge in [-0.05, 0) is 67.3 Å². The molecule has 0 N–H and O–H groups in total. The topological polar surface area (TPSA) is 6.48 Å². The molecule has 33 heavy (non-hydrogen) atoms. The molecule has 4 aliphatic rings. The highest BCUT2D eigenvalue weighted by Crippen LogP contribution is 2.62. The minimum atomic E-state index is -0.0244. The maximum Gasteiger partial charge on any atom is 0.252 e. The SMILES string of the molecule is CC1(C)c2cc3c4c5c2N(c2ccccc2B5c2ccccc2N4C(C)(C)C3(C)C)C1(C)C. The lowest BCUT2D eigenvalue weighted by Crippen LogP contribution is -2.65. The van der Waals surface area contributed by atoms with Crippen molar-refractivity contribution in [2.24, 2.45) is 0 Å². The zero-order chi connectivity index (χ0) is 23.3. The molecule has 0 saturated heterocycles. The minimum Gasteiger partial charge on any atom is -0.336 e. The maximum absolute atomic E-state index is 2.69. The largest absolute Gasteiger partial charge is 0.336 e. The number of hydrogen-bond acceptors (Lipinski definition) is 2. The first-order chi connectivity index (χ1) is 15.4. The number of hydrogen-bond donors (Lipinski definition) is 0. The van der Waals surface area contributed by atoms with Gasteiger partial charge < -0.3 is 9.80 Å². The third kappa shape index (κ3) is 1.83. The molecular formula is C30H33BN2. The molecule has 0 aliphatic carbocycles. The van der Waals surface area contributed by atoms with Crippen molar-refractivity contribution < 1.29 is 0 Å². The van der Waals surface area contributed by atoms with Crippen LogP contribution < -0.4 is 26.2 Å². The predicted molar refractivity (Wildman–Crippen MR) is 142 cm³/mol. The Morgan fingerprint density at radius 2 is 0.970 bits per heavy atom. The molecule has 4 aliphatic heterocycles. The summed E-state index contributed by atoms with van der Waals surface area (Å²) in [5.41, 5.74) is 13.2. The van der Waals surface area contributed by atoms with Crippen LogP contribution in [0.2, 0.25) is 0 Å². The first-order valence-corrected chi connectivity index (χ1v) is 12.4. The molecule has 0 bridgehead atoms. The second-order valence-electron chi connectivity index (χ2n) is 12.7. The summed E-state index contributed by atoms with van der Waals surface area (Å²) in [7, 11) is 0. The number of nitrogens with zero attached hydrogens (tertiary/aromatic N) is 2. The van der Waals surface area contributed by atoms with Gasteiger partial charge in [0, 0.05) is 44.7 Å². The highest BCUT2D eigenvalue weighted by Gasteiger charge is 2.62. The standard InChI is InChI=1S/C30H33BN2/c1-27(2)18-17-19-26-24-25(18)32(29(27,5)6)22-15-11-9-13-20(22)31(24)21-14-10-12-16-23(21)33(26)30(7,8)28(19,3)4/h9-17H,1-8H3. The van der Waals surface area contributed by atoms with Crippen molar-refractivity contribution in [3.63, 3.8) is 0 Å². The Kier molecular flexibility index (Phi) is 3.20. The van der Waals surface area contributed by atoms with E-state index in [0.717, 1.165) is 0 Å². The molecule has 0 radical (unpaired) electrons. The molecule has 0 saturated carbocycles. The van der Waals surface area contributed by atoms with Gasteiger partial charge in [0.05, 0.1) is 0 Å². The summed E-state index contributed by atoms with van der Waals surface area (Å²) < 4.78 is 0. The summed E-state index contributed by atoms with van der Waals surface area (Å²) in [5.74, 6) is 0.